The van der Waals surface area contributed by atoms with Gasteiger partial charge in [0.05, 0.1) is 5.56 Å². The molecule has 0 fully saturated rings. The molecular formula is C13H8N2O2. The number of para-hydroxylation sites is 1. The number of ketones is 1. The molecule has 0 amide bonds. The molecule has 2 heterocycles. The summed E-state index contributed by atoms with van der Waals surface area (Å²) in [5.74, 6) is 0.0998. The first-order valence-electron chi connectivity index (χ1n) is 5.13. The molecule has 0 spiro atoms. The third kappa shape index (κ3) is 1.69. The lowest BCUT2D eigenvalue weighted by Crippen LogP contribution is -2.00. The highest BCUT2D eigenvalue weighted by molar-refractivity contribution is 6.08. The zero-order valence-electron chi connectivity index (χ0n) is 8.83. The molecule has 17 heavy (non-hydrogen) atoms. The van der Waals surface area contributed by atoms with Crippen molar-refractivity contribution in [2.24, 2.45) is 0 Å². The molecule has 0 aliphatic rings. The maximum atomic E-state index is 12.0. The van der Waals surface area contributed by atoms with Gasteiger partial charge in [0.2, 0.25) is 5.78 Å². The van der Waals surface area contributed by atoms with Crippen molar-refractivity contribution in [3.63, 3.8) is 0 Å². The largest absolute Gasteiger partial charge is 0.453 e. The lowest BCUT2D eigenvalue weighted by atomic mass is 10.1. The summed E-state index contributed by atoms with van der Waals surface area (Å²) in [5, 5.41) is 0.910. The van der Waals surface area contributed by atoms with Crippen LogP contribution in [0.5, 0.6) is 0 Å². The van der Waals surface area contributed by atoms with Crippen molar-refractivity contribution in [2.75, 3.05) is 0 Å². The van der Waals surface area contributed by atoms with E-state index >= 15 is 0 Å². The molecule has 0 saturated carbocycles. The summed E-state index contributed by atoms with van der Waals surface area (Å²) >= 11 is 0. The van der Waals surface area contributed by atoms with Gasteiger partial charge in [-0.05, 0) is 12.1 Å². The Bertz CT molecular complexity index is 641. The maximum absolute atomic E-state index is 12.0. The van der Waals surface area contributed by atoms with Crippen LogP contribution >= 0.6 is 0 Å². The zero-order chi connectivity index (χ0) is 11.7. The molecular weight excluding hydrogens is 216 g/mol. The number of nitrogens with zero attached hydrogens (tertiary/aromatic N) is 2. The van der Waals surface area contributed by atoms with Gasteiger partial charge in [0.25, 0.3) is 0 Å². The van der Waals surface area contributed by atoms with Gasteiger partial charge in [-0.2, -0.15) is 0 Å². The molecule has 3 aromatic rings. The third-order valence-electron chi connectivity index (χ3n) is 2.47. The van der Waals surface area contributed by atoms with Gasteiger partial charge in [-0.15, -0.1) is 0 Å². The Labute approximate surface area is 96.9 Å². The van der Waals surface area contributed by atoms with E-state index in [0.29, 0.717) is 16.9 Å². The lowest BCUT2D eigenvalue weighted by molar-refractivity contribution is 0.101. The summed E-state index contributed by atoms with van der Waals surface area (Å²) in [5.41, 5.74) is 1.12. The second-order valence-corrected chi connectivity index (χ2v) is 3.60. The van der Waals surface area contributed by atoms with Crippen LogP contribution in [0.1, 0.15) is 16.1 Å². The summed E-state index contributed by atoms with van der Waals surface area (Å²) in [6.07, 6.45) is 4.33. The van der Waals surface area contributed by atoms with Crippen LogP contribution in [0.4, 0.5) is 0 Å². The summed E-state index contributed by atoms with van der Waals surface area (Å²) in [6, 6.07) is 9.22. The van der Waals surface area contributed by atoms with Crippen molar-refractivity contribution < 1.29 is 9.21 Å². The fourth-order valence-corrected chi connectivity index (χ4v) is 1.65. The smallest absolute Gasteiger partial charge is 0.231 e. The van der Waals surface area contributed by atoms with Gasteiger partial charge in [0.1, 0.15) is 11.9 Å². The van der Waals surface area contributed by atoms with Crippen molar-refractivity contribution in [1.82, 2.24) is 9.97 Å². The van der Waals surface area contributed by atoms with E-state index < -0.39 is 0 Å². The normalized spacial score (nSPS) is 10.6. The second kappa shape index (κ2) is 3.83. The molecule has 0 unspecified atom stereocenters. The molecule has 4 nitrogen and oxygen atoms in total. The number of hydrogen-bond acceptors (Lipinski definition) is 4. The Morgan fingerprint density at radius 1 is 1.12 bits per heavy atom. The van der Waals surface area contributed by atoms with Crippen molar-refractivity contribution in [3.05, 3.63) is 60.4 Å². The number of furan rings is 1. The number of benzene rings is 1. The Hall–Kier alpha value is -2.49. The monoisotopic (exact) mass is 224 g/mol. The fraction of sp³-hybridized carbons (Fsp3) is 0. The Morgan fingerprint density at radius 3 is 2.65 bits per heavy atom. The van der Waals surface area contributed by atoms with Crippen LogP contribution in [0, 0.1) is 0 Å². The number of hydrogen-bond donors (Lipinski definition) is 0. The molecule has 0 saturated heterocycles. The van der Waals surface area contributed by atoms with Crippen LogP contribution in [-0.4, -0.2) is 15.8 Å². The van der Waals surface area contributed by atoms with Crippen LogP contribution in [-0.2, 0) is 0 Å². The Kier molecular flexibility index (Phi) is 2.19. The van der Waals surface area contributed by atoms with Crippen LogP contribution in [0.25, 0.3) is 11.0 Å². The molecule has 0 atom stereocenters. The minimum atomic E-state index is -0.207. The first-order valence-corrected chi connectivity index (χ1v) is 5.13. The van der Waals surface area contributed by atoms with Gasteiger partial charge in [-0.25, -0.2) is 9.97 Å². The van der Waals surface area contributed by atoms with E-state index in [1.54, 1.807) is 6.07 Å². The number of carbonyl (C=O) groups is 1. The van der Waals surface area contributed by atoms with E-state index in [9.17, 15) is 4.79 Å². The summed E-state index contributed by atoms with van der Waals surface area (Å²) in [7, 11) is 0. The van der Waals surface area contributed by atoms with E-state index in [0.717, 1.165) is 5.39 Å². The predicted octanol–water partition coefficient (Wildman–Crippen LogP) is 2.45. The lowest BCUT2D eigenvalue weighted by Gasteiger charge is -1.94. The van der Waals surface area contributed by atoms with Crippen molar-refractivity contribution in [3.8, 4) is 0 Å². The number of aromatic nitrogens is 2. The van der Waals surface area contributed by atoms with Gasteiger partial charge in [0.15, 0.2) is 5.76 Å². The maximum Gasteiger partial charge on any atom is 0.231 e. The summed E-state index contributed by atoms with van der Waals surface area (Å²) in [4.78, 5) is 19.7. The highest BCUT2D eigenvalue weighted by Gasteiger charge is 2.14. The van der Waals surface area contributed by atoms with Gasteiger partial charge in [-0.1, -0.05) is 18.2 Å². The topological polar surface area (TPSA) is 56.0 Å². The van der Waals surface area contributed by atoms with Crippen molar-refractivity contribution in [2.45, 2.75) is 0 Å². The van der Waals surface area contributed by atoms with Crippen LogP contribution < -0.4 is 0 Å². The van der Waals surface area contributed by atoms with Crippen molar-refractivity contribution in [1.29, 1.82) is 0 Å². The number of rotatable bonds is 2. The standard InChI is InChI=1S/C13H8N2O2/c16-13(10-6-14-8-15-7-10)12-5-9-3-1-2-4-11(9)17-12/h1-8H. The van der Waals surface area contributed by atoms with Gasteiger partial charge in [-0.3, -0.25) is 4.79 Å². The molecule has 2 aromatic heterocycles. The van der Waals surface area contributed by atoms with Crippen molar-refractivity contribution >= 4 is 16.8 Å². The minimum absolute atomic E-state index is 0.207. The number of fused-ring (bicyclic) bond motifs is 1. The molecule has 3 rings (SSSR count). The first kappa shape index (κ1) is 9.72. The van der Waals surface area contributed by atoms with Gasteiger partial charge >= 0.3 is 0 Å². The molecule has 0 aliphatic carbocycles. The second-order valence-electron chi connectivity index (χ2n) is 3.60. The predicted molar refractivity (Wildman–Crippen MR) is 61.7 cm³/mol. The van der Waals surface area contributed by atoms with E-state index in [2.05, 4.69) is 9.97 Å². The highest BCUT2D eigenvalue weighted by Crippen LogP contribution is 2.20. The average molecular weight is 224 g/mol. The molecule has 4 heteroatoms. The molecule has 0 aliphatic heterocycles. The molecule has 1 aromatic carbocycles. The van der Waals surface area contributed by atoms with E-state index in [-0.39, 0.29) is 5.78 Å². The number of carbonyl (C=O) groups excluding carboxylic acids is 1. The molecule has 0 radical (unpaired) electrons. The van der Waals surface area contributed by atoms with E-state index in [1.165, 1.54) is 18.7 Å². The Morgan fingerprint density at radius 2 is 1.88 bits per heavy atom. The quantitative estimate of drug-likeness (QED) is 0.627. The summed E-state index contributed by atoms with van der Waals surface area (Å²) < 4.78 is 5.48. The van der Waals surface area contributed by atoms with Crippen LogP contribution in [0.15, 0.2) is 53.5 Å². The molecule has 0 bridgehead atoms. The SMILES string of the molecule is O=C(c1cncnc1)c1cc2ccccc2o1. The van der Waals surface area contributed by atoms with E-state index in [4.69, 9.17) is 4.42 Å². The third-order valence-corrected chi connectivity index (χ3v) is 2.47. The average Bonchev–Trinajstić information content (AvgIpc) is 2.82. The minimum Gasteiger partial charge on any atom is -0.453 e. The molecule has 0 N–H and O–H groups in total. The van der Waals surface area contributed by atoms with E-state index in [1.807, 2.05) is 24.3 Å². The van der Waals surface area contributed by atoms with Gasteiger partial charge < -0.3 is 4.42 Å². The van der Waals surface area contributed by atoms with Gasteiger partial charge in [0, 0.05) is 17.8 Å². The Balaban J connectivity index is 2.07. The first-order chi connectivity index (χ1) is 8.34. The highest BCUT2D eigenvalue weighted by atomic mass is 16.3. The molecule has 82 valence electrons. The zero-order valence-corrected chi connectivity index (χ0v) is 8.83. The van der Waals surface area contributed by atoms with Crippen LogP contribution in [0.2, 0.25) is 0 Å². The van der Waals surface area contributed by atoms with Crippen LogP contribution in [0.3, 0.4) is 0 Å². The summed E-state index contributed by atoms with van der Waals surface area (Å²) in [6.45, 7) is 0. The fourth-order valence-electron chi connectivity index (χ4n) is 1.65.